The lowest BCUT2D eigenvalue weighted by atomic mass is 10.1. The molecule has 144 valence electrons. The molecule has 3 aromatic rings. The van der Waals surface area contributed by atoms with Crippen molar-refractivity contribution in [3.8, 4) is 5.75 Å². The summed E-state index contributed by atoms with van der Waals surface area (Å²) in [5, 5.41) is 25.1. The van der Waals surface area contributed by atoms with Gasteiger partial charge in [0.15, 0.2) is 0 Å². The number of aromatic hydroxyl groups is 1. The van der Waals surface area contributed by atoms with Crippen LogP contribution in [0.25, 0.3) is 10.9 Å². The number of carbonyl (C=O) groups is 1. The van der Waals surface area contributed by atoms with Crippen molar-refractivity contribution in [3.05, 3.63) is 58.9 Å². The van der Waals surface area contributed by atoms with E-state index in [4.69, 9.17) is 0 Å². The summed E-state index contributed by atoms with van der Waals surface area (Å²) in [7, 11) is 0. The van der Waals surface area contributed by atoms with E-state index in [9.17, 15) is 15.0 Å². The molecule has 1 amide bonds. The average Bonchev–Trinajstić information content (AvgIpc) is 2.70. The van der Waals surface area contributed by atoms with Gasteiger partial charge in [-0.25, -0.2) is 10.4 Å². The number of nitrogens with one attached hydrogen (secondary N) is 1. The monoisotopic (exact) mass is 396 g/mol. The summed E-state index contributed by atoms with van der Waals surface area (Å²) in [6.45, 7) is 3.36. The van der Waals surface area contributed by atoms with Crippen molar-refractivity contribution in [1.29, 1.82) is 0 Å². The second-order valence-electron chi connectivity index (χ2n) is 6.17. The molecule has 1 aromatic carbocycles. The molecule has 0 spiro atoms. The van der Waals surface area contributed by atoms with Gasteiger partial charge in [-0.15, -0.1) is 0 Å². The molecule has 3 rings (SSSR count). The van der Waals surface area contributed by atoms with Gasteiger partial charge in [0, 0.05) is 22.7 Å². The smallest absolute Gasteiger partial charge is 0.250 e. The van der Waals surface area contributed by atoms with E-state index in [-0.39, 0.29) is 24.0 Å². The van der Waals surface area contributed by atoms with E-state index in [1.165, 1.54) is 24.2 Å². The molecule has 0 aliphatic carbocycles. The molecule has 2 aromatic heterocycles. The largest absolute Gasteiger partial charge is 0.505 e. The van der Waals surface area contributed by atoms with Crippen molar-refractivity contribution in [2.24, 2.45) is 5.10 Å². The molecule has 3 N–H and O–H groups in total. The average molecular weight is 396 g/mol. The van der Waals surface area contributed by atoms with Crippen molar-refractivity contribution in [3.63, 3.8) is 0 Å². The molecular weight excluding hydrogens is 376 g/mol. The van der Waals surface area contributed by atoms with Gasteiger partial charge in [0.05, 0.1) is 34.8 Å². The predicted molar refractivity (Wildman–Crippen MR) is 110 cm³/mol. The third-order valence-electron chi connectivity index (χ3n) is 4.16. The first-order valence-corrected chi connectivity index (χ1v) is 9.57. The molecule has 0 unspecified atom stereocenters. The highest BCUT2D eigenvalue weighted by Gasteiger charge is 2.10. The maximum atomic E-state index is 12.1. The van der Waals surface area contributed by atoms with Gasteiger partial charge in [-0.3, -0.25) is 9.78 Å². The Morgan fingerprint density at radius 1 is 1.32 bits per heavy atom. The van der Waals surface area contributed by atoms with Crippen molar-refractivity contribution >= 4 is 34.8 Å². The molecule has 0 aliphatic heterocycles. The predicted octanol–water partition coefficient (Wildman–Crippen LogP) is 2.69. The van der Waals surface area contributed by atoms with Gasteiger partial charge in [-0.2, -0.15) is 5.10 Å². The van der Waals surface area contributed by atoms with Gasteiger partial charge in [-0.05, 0) is 31.5 Å². The molecule has 8 heteroatoms. The number of thioether (sulfide) groups is 1. The highest BCUT2D eigenvalue weighted by molar-refractivity contribution is 7.99. The highest BCUT2D eigenvalue weighted by atomic mass is 32.2. The minimum Gasteiger partial charge on any atom is -0.505 e. The third kappa shape index (κ3) is 4.47. The van der Waals surface area contributed by atoms with Gasteiger partial charge < -0.3 is 10.2 Å². The van der Waals surface area contributed by atoms with Crippen molar-refractivity contribution in [2.75, 3.05) is 5.75 Å². The van der Waals surface area contributed by atoms with Gasteiger partial charge in [-0.1, -0.05) is 30.0 Å². The van der Waals surface area contributed by atoms with Gasteiger partial charge >= 0.3 is 0 Å². The van der Waals surface area contributed by atoms with Gasteiger partial charge in [0.2, 0.25) is 5.91 Å². The van der Waals surface area contributed by atoms with Crippen molar-refractivity contribution < 1.29 is 15.0 Å². The minimum atomic E-state index is -0.301. The number of benzene rings is 1. The molecule has 0 aliphatic rings. The topological polar surface area (TPSA) is 108 Å². The Kier molecular flexibility index (Phi) is 6.23. The molecular formula is C20H20N4O3S. The van der Waals surface area contributed by atoms with E-state index >= 15 is 0 Å². The zero-order valence-electron chi connectivity index (χ0n) is 15.5. The molecule has 7 nitrogen and oxygen atoms in total. The summed E-state index contributed by atoms with van der Waals surface area (Å²) in [6.07, 6.45) is 2.76. The number of aromatic nitrogens is 2. The van der Waals surface area contributed by atoms with Crippen LogP contribution < -0.4 is 5.43 Å². The van der Waals surface area contributed by atoms with Crippen LogP contribution in [-0.2, 0) is 11.4 Å². The van der Waals surface area contributed by atoms with E-state index < -0.39 is 0 Å². The van der Waals surface area contributed by atoms with Crippen LogP contribution in [0.2, 0.25) is 0 Å². The van der Waals surface area contributed by atoms with Crippen molar-refractivity contribution in [1.82, 2.24) is 15.4 Å². The molecule has 0 radical (unpaired) electrons. The van der Waals surface area contributed by atoms with E-state index in [2.05, 4.69) is 20.5 Å². The number of nitrogens with zero attached hydrogens (tertiary/aromatic N) is 3. The number of hydrogen-bond donors (Lipinski definition) is 3. The quantitative estimate of drug-likeness (QED) is 0.336. The first-order chi connectivity index (χ1) is 13.5. The van der Waals surface area contributed by atoms with Crippen LogP contribution >= 0.6 is 11.8 Å². The Labute approximate surface area is 166 Å². The van der Waals surface area contributed by atoms with E-state index in [1.54, 1.807) is 6.92 Å². The molecule has 0 atom stereocenters. The fourth-order valence-electron chi connectivity index (χ4n) is 2.66. The Morgan fingerprint density at radius 3 is 2.89 bits per heavy atom. The number of aliphatic hydroxyl groups excluding tert-OH is 1. The molecule has 0 saturated carbocycles. The summed E-state index contributed by atoms with van der Waals surface area (Å²) >= 11 is 1.32. The first kappa shape index (κ1) is 19.8. The lowest BCUT2D eigenvalue weighted by Gasteiger charge is -2.07. The number of hydrazone groups is 1. The fraction of sp³-hybridized carbons (Fsp3) is 0.200. The summed E-state index contributed by atoms with van der Waals surface area (Å²) in [5.41, 5.74) is 5.58. The summed E-state index contributed by atoms with van der Waals surface area (Å²) in [6, 6.07) is 9.82. The van der Waals surface area contributed by atoms with Gasteiger partial charge in [0.1, 0.15) is 5.75 Å². The van der Waals surface area contributed by atoms with E-state index in [1.807, 2.05) is 37.3 Å². The lowest BCUT2D eigenvalue weighted by Crippen LogP contribution is -2.19. The number of carbonyl (C=O) groups excluding carboxylic acids is 1. The molecule has 0 bridgehead atoms. The summed E-state index contributed by atoms with van der Waals surface area (Å²) < 4.78 is 0. The third-order valence-corrected chi connectivity index (χ3v) is 5.07. The second kappa shape index (κ2) is 8.81. The number of fused-ring (bicyclic) bond motifs is 1. The Bertz CT molecular complexity index is 1050. The Morgan fingerprint density at radius 2 is 2.11 bits per heavy atom. The van der Waals surface area contributed by atoms with E-state index in [0.717, 1.165) is 21.5 Å². The zero-order chi connectivity index (χ0) is 20.1. The zero-order valence-corrected chi connectivity index (χ0v) is 16.3. The van der Waals surface area contributed by atoms with Gasteiger partial charge in [0.25, 0.3) is 0 Å². The number of hydrogen-bond acceptors (Lipinski definition) is 7. The van der Waals surface area contributed by atoms with Crippen LogP contribution in [0.15, 0.2) is 46.7 Å². The summed E-state index contributed by atoms with van der Waals surface area (Å²) in [4.78, 5) is 20.6. The Hall–Kier alpha value is -2.97. The Balaban J connectivity index is 1.63. The van der Waals surface area contributed by atoms with Crippen LogP contribution in [0, 0.1) is 13.8 Å². The number of para-hydroxylation sites is 1. The van der Waals surface area contributed by atoms with Crippen LogP contribution in [0.5, 0.6) is 5.75 Å². The minimum absolute atomic E-state index is 0.0743. The second-order valence-corrected chi connectivity index (χ2v) is 7.16. The fourth-order valence-corrected chi connectivity index (χ4v) is 3.42. The first-order valence-electron chi connectivity index (χ1n) is 8.59. The number of pyridine rings is 2. The SMILES string of the molecule is Cc1ncc(CO)c(/C=N/NC(=O)CSc2cc(C)c3ccccc3n2)c1O. The summed E-state index contributed by atoms with van der Waals surface area (Å²) in [5.74, 6) is -0.226. The number of rotatable bonds is 6. The van der Waals surface area contributed by atoms with Crippen LogP contribution in [-0.4, -0.2) is 38.1 Å². The molecule has 2 heterocycles. The number of aryl methyl sites for hydroxylation is 2. The number of amides is 1. The molecule has 0 saturated heterocycles. The van der Waals surface area contributed by atoms with E-state index in [0.29, 0.717) is 16.8 Å². The molecule has 28 heavy (non-hydrogen) atoms. The normalized spacial score (nSPS) is 11.2. The highest BCUT2D eigenvalue weighted by Crippen LogP contribution is 2.24. The maximum absolute atomic E-state index is 12.1. The van der Waals surface area contributed by atoms with Crippen LogP contribution in [0.4, 0.5) is 0 Å². The number of aliphatic hydroxyl groups is 1. The maximum Gasteiger partial charge on any atom is 0.250 e. The van der Waals surface area contributed by atoms with Crippen molar-refractivity contribution in [2.45, 2.75) is 25.5 Å². The standard InChI is InChI=1S/C20H20N4O3S/c1-12-7-19(23-17-6-4-3-5-15(12)17)28-11-18(26)24-22-9-16-14(10-25)8-21-13(2)20(16)27/h3-9,25,27H,10-11H2,1-2H3,(H,24,26)/b22-9+. The van der Waals surface area contributed by atoms with Crippen LogP contribution in [0.3, 0.4) is 0 Å². The molecule has 0 fully saturated rings. The lowest BCUT2D eigenvalue weighted by molar-refractivity contribution is -0.118. The van der Waals surface area contributed by atoms with Crippen LogP contribution in [0.1, 0.15) is 22.4 Å².